The minimum Gasteiger partial charge on any atom is -0.337 e. The Morgan fingerprint density at radius 2 is 2.04 bits per heavy atom. The average molecular weight is 363 g/mol. The molecule has 3 rings (SSSR count). The summed E-state index contributed by atoms with van der Waals surface area (Å²) in [5, 5.41) is 6.31. The molecule has 2 heterocycles. The summed E-state index contributed by atoms with van der Waals surface area (Å²) in [5.74, 6) is -0.126. The van der Waals surface area contributed by atoms with Gasteiger partial charge in [0.1, 0.15) is 0 Å². The Morgan fingerprint density at radius 1 is 1.29 bits per heavy atom. The smallest absolute Gasteiger partial charge is 0.255 e. The summed E-state index contributed by atoms with van der Waals surface area (Å²) in [6, 6.07) is 7.07. The van der Waals surface area contributed by atoms with Gasteiger partial charge < -0.3 is 4.90 Å². The number of pyridine rings is 1. The lowest BCUT2D eigenvalue weighted by Crippen LogP contribution is -2.26. The van der Waals surface area contributed by atoms with Crippen LogP contribution in [-0.4, -0.2) is 32.6 Å². The number of aryl methyl sites for hydroxylation is 2. The molecule has 0 N–H and O–H groups in total. The van der Waals surface area contributed by atoms with Gasteiger partial charge in [-0.2, -0.15) is 5.10 Å². The van der Waals surface area contributed by atoms with Crippen LogP contribution in [-0.2, 0) is 13.6 Å². The standard InChI is InChI=1S/C17H16Cl2N4O/c1-10-14-6-12(8-20-16(14)23(3)21-10)17(24)22(2)9-11-4-5-13(18)7-15(11)19/h4-8H,9H2,1-3H3. The predicted molar refractivity (Wildman–Crippen MR) is 95.5 cm³/mol. The highest BCUT2D eigenvalue weighted by molar-refractivity contribution is 6.35. The maximum atomic E-state index is 12.7. The van der Waals surface area contributed by atoms with Crippen molar-refractivity contribution < 1.29 is 4.79 Å². The predicted octanol–water partition coefficient (Wildman–Crippen LogP) is 3.86. The van der Waals surface area contributed by atoms with E-state index >= 15 is 0 Å². The van der Waals surface area contributed by atoms with E-state index in [4.69, 9.17) is 23.2 Å². The Morgan fingerprint density at radius 3 is 2.75 bits per heavy atom. The Balaban J connectivity index is 1.86. The number of carbonyl (C=O) groups excluding carboxylic acids is 1. The normalized spacial score (nSPS) is 11.0. The van der Waals surface area contributed by atoms with Crippen LogP contribution in [0.4, 0.5) is 0 Å². The first-order valence-electron chi connectivity index (χ1n) is 7.35. The van der Waals surface area contributed by atoms with Crippen molar-refractivity contribution in [1.29, 1.82) is 0 Å². The molecular formula is C17H16Cl2N4O. The molecule has 1 amide bonds. The van der Waals surface area contributed by atoms with Gasteiger partial charge in [-0.1, -0.05) is 29.3 Å². The van der Waals surface area contributed by atoms with Gasteiger partial charge in [0, 0.05) is 42.3 Å². The molecule has 0 saturated carbocycles. The fraction of sp³-hybridized carbons (Fsp3) is 0.235. The monoisotopic (exact) mass is 362 g/mol. The number of hydrogen-bond acceptors (Lipinski definition) is 3. The number of carbonyl (C=O) groups is 1. The van der Waals surface area contributed by atoms with Crippen molar-refractivity contribution in [2.75, 3.05) is 7.05 Å². The third-order valence-corrected chi connectivity index (χ3v) is 4.47. The minimum atomic E-state index is -0.126. The molecule has 2 aromatic heterocycles. The van der Waals surface area contributed by atoms with Crippen LogP contribution >= 0.6 is 23.2 Å². The molecule has 124 valence electrons. The van der Waals surface area contributed by atoms with Crippen LogP contribution in [0, 0.1) is 6.92 Å². The fourth-order valence-corrected chi connectivity index (χ4v) is 3.09. The summed E-state index contributed by atoms with van der Waals surface area (Å²) in [5.41, 5.74) is 2.96. The van der Waals surface area contributed by atoms with Crippen molar-refractivity contribution >= 4 is 40.1 Å². The molecule has 0 spiro atoms. The number of aromatic nitrogens is 3. The lowest BCUT2D eigenvalue weighted by atomic mass is 10.1. The zero-order valence-corrected chi connectivity index (χ0v) is 15.1. The molecule has 1 aromatic carbocycles. The highest BCUT2D eigenvalue weighted by atomic mass is 35.5. The van der Waals surface area contributed by atoms with Crippen molar-refractivity contribution in [3.05, 3.63) is 57.3 Å². The van der Waals surface area contributed by atoms with Gasteiger partial charge in [-0.25, -0.2) is 4.98 Å². The highest BCUT2D eigenvalue weighted by Gasteiger charge is 2.16. The van der Waals surface area contributed by atoms with Crippen LogP contribution in [0.15, 0.2) is 30.5 Å². The molecule has 0 aliphatic heterocycles. The summed E-state index contributed by atoms with van der Waals surface area (Å²) in [7, 11) is 3.56. The molecular weight excluding hydrogens is 347 g/mol. The maximum Gasteiger partial charge on any atom is 0.255 e. The van der Waals surface area contributed by atoms with Crippen molar-refractivity contribution in [1.82, 2.24) is 19.7 Å². The lowest BCUT2D eigenvalue weighted by molar-refractivity contribution is 0.0785. The van der Waals surface area contributed by atoms with Crippen molar-refractivity contribution in [2.45, 2.75) is 13.5 Å². The zero-order chi connectivity index (χ0) is 17.4. The summed E-state index contributed by atoms with van der Waals surface area (Å²) in [4.78, 5) is 18.6. The van der Waals surface area contributed by atoms with Crippen LogP contribution in [0.2, 0.25) is 10.0 Å². The van der Waals surface area contributed by atoms with Gasteiger partial charge in [-0.05, 0) is 30.7 Å². The average Bonchev–Trinajstić information content (AvgIpc) is 2.83. The number of halogens is 2. The number of amides is 1. The van der Waals surface area contributed by atoms with E-state index in [1.54, 1.807) is 35.0 Å². The zero-order valence-electron chi connectivity index (χ0n) is 13.5. The molecule has 3 aromatic rings. The molecule has 0 aliphatic carbocycles. The van der Waals surface area contributed by atoms with E-state index in [0.29, 0.717) is 22.2 Å². The van der Waals surface area contributed by atoms with Crippen molar-refractivity contribution in [3.8, 4) is 0 Å². The molecule has 0 aliphatic rings. The molecule has 0 fully saturated rings. The van der Waals surface area contributed by atoms with E-state index < -0.39 is 0 Å². The Labute approximate surface area is 149 Å². The number of rotatable bonds is 3. The van der Waals surface area contributed by atoms with Crippen LogP contribution in [0.5, 0.6) is 0 Å². The van der Waals surface area contributed by atoms with Crippen LogP contribution in [0.25, 0.3) is 11.0 Å². The quantitative estimate of drug-likeness (QED) is 0.710. The molecule has 24 heavy (non-hydrogen) atoms. The summed E-state index contributed by atoms with van der Waals surface area (Å²) < 4.78 is 1.70. The van der Waals surface area contributed by atoms with E-state index in [-0.39, 0.29) is 5.91 Å². The van der Waals surface area contributed by atoms with Gasteiger partial charge in [0.25, 0.3) is 5.91 Å². The second-order valence-electron chi connectivity index (χ2n) is 5.70. The highest BCUT2D eigenvalue weighted by Crippen LogP contribution is 2.23. The number of nitrogens with zero attached hydrogens (tertiary/aromatic N) is 4. The molecule has 5 nitrogen and oxygen atoms in total. The van der Waals surface area contributed by atoms with E-state index in [1.807, 2.05) is 26.1 Å². The van der Waals surface area contributed by atoms with E-state index in [2.05, 4.69) is 10.1 Å². The molecule has 0 radical (unpaired) electrons. The number of fused-ring (bicyclic) bond motifs is 1. The van der Waals surface area contributed by atoms with E-state index in [0.717, 1.165) is 22.3 Å². The molecule has 0 unspecified atom stereocenters. The van der Waals surface area contributed by atoms with Gasteiger partial charge >= 0.3 is 0 Å². The third-order valence-electron chi connectivity index (χ3n) is 3.88. The van der Waals surface area contributed by atoms with Crippen LogP contribution < -0.4 is 0 Å². The first-order chi connectivity index (χ1) is 11.4. The number of benzene rings is 1. The Bertz CT molecular complexity index is 936. The van der Waals surface area contributed by atoms with Crippen LogP contribution in [0.1, 0.15) is 21.6 Å². The summed E-state index contributed by atoms with van der Waals surface area (Å²) in [6.07, 6.45) is 1.58. The maximum absolute atomic E-state index is 12.7. The van der Waals surface area contributed by atoms with Gasteiger partial charge in [0.2, 0.25) is 0 Å². The second-order valence-corrected chi connectivity index (χ2v) is 6.54. The summed E-state index contributed by atoms with van der Waals surface area (Å²) >= 11 is 12.1. The third kappa shape index (κ3) is 3.09. The molecule has 0 atom stereocenters. The first kappa shape index (κ1) is 16.7. The lowest BCUT2D eigenvalue weighted by Gasteiger charge is -2.18. The van der Waals surface area contributed by atoms with Gasteiger partial charge in [0.15, 0.2) is 5.65 Å². The SMILES string of the molecule is Cc1nn(C)c2ncc(C(=O)N(C)Cc3ccc(Cl)cc3Cl)cc12. The minimum absolute atomic E-state index is 0.126. The van der Waals surface area contributed by atoms with Crippen molar-refractivity contribution in [3.63, 3.8) is 0 Å². The Kier molecular flexibility index (Phi) is 4.47. The van der Waals surface area contributed by atoms with E-state index in [9.17, 15) is 4.79 Å². The number of hydrogen-bond donors (Lipinski definition) is 0. The topological polar surface area (TPSA) is 51.0 Å². The summed E-state index contributed by atoms with van der Waals surface area (Å²) in [6.45, 7) is 2.29. The fourth-order valence-electron chi connectivity index (χ4n) is 2.62. The molecule has 7 heteroatoms. The largest absolute Gasteiger partial charge is 0.337 e. The van der Waals surface area contributed by atoms with Crippen molar-refractivity contribution in [2.24, 2.45) is 7.05 Å². The van der Waals surface area contributed by atoms with Gasteiger partial charge in [-0.3, -0.25) is 9.48 Å². The first-order valence-corrected chi connectivity index (χ1v) is 8.11. The van der Waals surface area contributed by atoms with Crippen LogP contribution in [0.3, 0.4) is 0 Å². The van der Waals surface area contributed by atoms with Gasteiger partial charge in [-0.15, -0.1) is 0 Å². The molecule has 0 bridgehead atoms. The molecule has 0 saturated heterocycles. The second kappa shape index (κ2) is 6.42. The van der Waals surface area contributed by atoms with Gasteiger partial charge in [0.05, 0.1) is 11.3 Å². The van der Waals surface area contributed by atoms with E-state index in [1.165, 1.54) is 0 Å². The Hall–Kier alpha value is -2.11.